The molecule has 1 fully saturated rings. The normalized spacial score (nSPS) is 15.1. The lowest BCUT2D eigenvalue weighted by molar-refractivity contribution is -0.135. The Morgan fingerprint density at radius 1 is 1.32 bits per heavy atom. The molecule has 0 bridgehead atoms. The topological polar surface area (TPSA) is 102 Å². The van der Waals surface area contributed by atoms with Crippen LogP contribution in [-0.2, 0) is 9.59 Å². The number of benzene rings is 1. The van der Waals surface area contributed by atoms with Crippen LogP contribution in [0, 0.1) is 0 Å². The number of methoxy groups -OCH3 is 1. The summed E-state index contributed by atoms with van der Waals surface area (Å²) in [5, 5.41) is 2.13. The molecule has 1 saturated heterocycles. The molecule has 0 radical (unpaired) electrons. The van der Waals surface area contributed by atoms with Crippen LogP contribution in [-0.4, -0.2) is 42.8 Å². The van der Waals surface area contributed by atoms with Crippen LogP contribution in [0.5, 0.6) is 5.75 Å². The predicted octanol–water partition coefficient (Wildman–Crippen LogP) is -0.624. The Kier molecular flexibility index (Phi) is 3.37. The van der Waals surface area contributed by atoms with Gasteiger partial charge in [0.05, 0.1) is 12.7 Å². The number of rotatable bonds is 2. The molecule has 3 amide bonds. The molecule has 0 aliphatic carbocycles. The van der Waals surface area contributed by atoms with Gasteiger partial charge in [0.25, 0.3) is 5.91 Å². The van der Waals surface area contributed by atoms with E-state index in [-0.39, 0.29) is 24.3 Å². The summed E-state index contributed by atoms with van der Waals surface area (Å²) in [4.78, 5) is 35.9. The van der Waals surface area contributed by atoms with Crippen LogP contribution in [0.25, 0.3) is 0 Å². The van der Waals surface area contributed by atoms with Crippen LogP contribution in [0.15, 0.2) is 18.2 Å². The molecule has 19 heavy (non-hydrogen) atoms. The lowest BCUT2D eigenvalue weighted by Crippen LogP contribution is -2.53. The van der Waals surface area contributed by atoms with E-state index in [1.807, 2.05) is 0 Å². The van der Waals surface area contributed by atoms with E-state index in [1.54, 1.807) is 6.07 Å². The Balaban J connectivity index is 2.28. The fourth-order valence-corrected chi connectivity index (χ4v) is 1.80. The zero-order valence-electron chi connectivity index (χ0n) is 10.3. The Labute approximate surface area is 109 Å². The number of carbonyl (C=O) groups is 3. The van der Waals surface area contributed by atoms with Gasteiger partial charge in [0.1, 0.15) is 18.8 Å². The minimum Gasteiger partial charge on any atom is -0.497 e. The fourth-order valence-electron chi connectivity index (χ4n) is 1.80. The maximum absolute atomic E-state index is 12.2. The number of nitrogens with zero attached hydrogens (tertiary/aromatic N) is 1. The van der Waals surface area contributed by atoms with E-state index in [9.17, 15) is 14.4 Å². The monoisotopic (exact) mass is 263 g/mol. The number of ether oxygens (including phenoxy) is 1. The maximum atomic E-state index is 12.2. The summed E-state index contributed by atoms with van der Waals surface area (Å²) in [7, 11) is 1.47. The summed E-state index contributed by atoms with van der Waals surface area (Å²) in [5.74, 6) is -1.01. The summed E-state index contributed by atoms with van der Waals surface area (Å²) in [6.07, 6.45) is 0. The Bertz CT molecular complexity index is 540. The molecule has 1 heterocycles. The molecule has 0 atom stereocenters. The highest BCUT2D eigenvalue weighted by atomic mass is 16.5. The van der Waals surface area contributed by atoms with Gasteiger partial charge in [-0.25, -0.2) is 0 Å². The number of carbonyl (C=O) groups excluding carboxylic acids is 3. The van der Waals surface area contributed by atoms with Crippen molar-refractivity contribution in [3.63, 3.8) is 0 Å². The predicted molar refractivity (Wildman–Crippen MR) is 66.5 cm³/mol. The first-order chi connectivity index (χ1) is 9.01. The van der Waals surface area contributed by atoms with Gasteiger partial charge in [0.15, 0.2) is 0 Å². The number of nitrogen functional groups attached to an aromatic ring is 1. The van der Waals surface area contributed by atoms with Gasteiger partial charge < -0.3 is 15.4 Å². The number of piperazine rings is 1. The number of imide groups is 1. The van der Waals surface area contributed by atoms with E-state index in [0.717, 1.165) is 4.90 Å². The first-order valence-electron chi connectivity index (χ1n) is 5.56. The number of nitrogens with two attached hydrogens (primary N) is 1. The fraction of sp³-hybridized carbons (Fsp3) is 0.250. The Hall–Kier alpha value is -2.57. The van der Waals surface area contributed by atoms with Gasteiger partial charge in [0, 0.05) is 5.69 Å². The summed E-state index contributed by atoms with van der Waals surface area (Å²) in [6, 6.07) is 4.65. The quantitative estimate of drug-likeness (QED) is 0.546. The van der Waals surface area contributed by atoms with Crippen molar-refractivity contribution in [2.24, 2.45) is 0 Å². The molecule has 100 valence electrons. The third-order valence-corrected chi connectivity index (χ3v) is 2.73. The number of hydrogen-bond acceptors (Lipinski definition) is 5. The second-order valence-corrected chi connectivity index (χ2v) is 4.09. The molecule has 0 saturated carbocycles. The average molecular weight is 263 g/mol. The number of amides is 3. The zero-order valence-corrected chi connectivity index (χ0v) is 10.3. The van der Waals surface area contributed by atoms with Crippen LogP contribution in [0.4, 0.5) is 5.69 Å². The molecular weight excluding hydrogens is 250 g/mol. The van der Waals surface area contributed by atoms with Gasteiger partial charge in [-0.1, -0.05) is 0 Å². The summed E-state index contributed by atoms with van der Waals surface area (Å²) >= 11 is 0. The van der Waals surface area contributed by atoms with Gasteiger partial charge in [-0.15, -0.1) is 0 Å². The van der Waals surface area contributed by atoms with Crippen LogP contribution < -0.4 is 15.8 Å². The van der Waals surface area contributed by atoms with E-state index in [0.29, 0.717) is 5.75 Å². The molecule has 1 aliphatic heterocycles. The lowest BCUT2D eigenvalue weighted by atomic mass is 10.1. The second kappa shape index (κ2) is 4.97. The minimum absolute atomic E-state index is 0.165. The van der Waals surface area contributed by atoms with Crippen molar-refractivity contribution < 1.29 is 19.1 Å². The van der Waals surface area contributed by atoms with E-state index in [4.69, 9.17) is 10.5 Å². The Morgan fingerprint density at radius 3 is 2.53 bits per heavy atom. The maximum Gasteiger partial charge on any atom is 0.257 e. The number of hydrogen-bond donors (Lipinski definition) is 2. The van der Waals surface area contributed by atoms with Crippen molar-refractivity contribution in [3.8, 4) is 5.75 Å². The van der Waals surface area contributed by atoms with Crippen LogP contribution in [0.3, 0.4) is 0 Å². The molecule has 7 heteroatoms. The highest BCUT2D eigenvalue weighted by molar-refractivity contribution is 6.07. The number of nitrogens with one attached hydrogen (secondary N) is 1. The van der Waals surface area contributed by atoms with Crippen LogP contribution in [0.1, 0.15) is 10.4 Å². The molecular formula is C12H13N3O4. The molecule has 1 aromatic carbocycles. The average Bonchev–Trinajstić information content (AvgIpc) is 2.37. The van der Waals surface area contributed by atoms with Gasteiger partial charge in [-0.3, -0.25) is 19.7 Å². The van der Waals surface area contributed by atoms with Crippen molar-refractivity contribution in [1.82, 2.24) is 10.2 Å². The molecule has 7 nitrogen and oxygen atoms in total. The second-order valence-electron chi connectivity index (χ2n) is 4.09. The highest BCUT2D eigenvalue weighted by Gasteiger charge is 2.28. The molecule has 3 N–H and O–H groups in total. The van der Waals surface area contributed by atoms with Gasteiger partial charge in [-0.2, -0.15) is 0 Å². The smallest absolute Gasteiger partial charge is 0.257 e. The van der Waals surface area contributed by atoms with Gasteiger partial charge in [0.2, 0.25) is 11.8 Å². The third-order valence-electron chi connectivity index (χ3n) is 2.73. The lowest BCUT2D eigenvalue weighted by Gasteiger charge is -2.26. The molecule has 1 aromatic rings. The first-order valence-corrected chi connectivity index (χ1v) is 5.56. The van der Waals surface area contributed by atoms with Gasteiger partial charge >= 0.3 is 0 Å². The van der Waals surface area contributed by atoms with Gasteiger partial charge in [-0.05, 0) is 18.2 Å². The third kappa shape index (κ3) is 2.65. The standard InChI is InChI=1S/C12H13N3O4/c1-19-7-2-3-9(13)8(4-7)12(18)15-5-10(16)14-11(17)6-15/h2-4H,5-6,13H2,1H3,(H,14,16,17). The Morgan fingerprint density at radius 2 is 1.95 bits per heavy atom. The van der Waals surface area contributed by atoms with Crippen molar-refractivity contribution in [2.75, 3.05) is 25.9 Å². The summed E-state index contributed by atoms with van der Waals surface area (Å²) < 4.78 is 5.02. The summed E-state index contributed by atoms with van der Waals surface area (Å²) in [6.45, 7) is -0.331. The van der Waals surface area contributed by atoms with Crippen molar-refractivity contribution in [3.05, 3.63) is 23.8 Å². The van der Waals surface area contributed by atoms with E-state index in [2.05, 4.69) is 5.32 Å². The van der Waals surface area contributed by atoms with Crippen molar-refractivity contribution >= 4 is 23.4 Å². The van der Waals surface area contributed by atoms with Crippen molar-refractivity contribution in [2.45, 2.75) is 0 Å². The van der Waals surface area contributed by atoms with E-state index in [1.165, 1.54) is 19.2 Å². The van der Waals surface area contributed by atoms with Crippen LogP contribution >= 0.6 is 0 Å². The molecule has 0 spiro atoms. The molecule has 0 unspecified atom stereocenters. The summed E-state index contributed by atoms with van der Waals surface area (Å²) in [5.41, 5.74) is 6.21. The van der Waals surface area contributed by atoms with Crippen LogP contribution in [0.2, 0.25) is 0 Å². The largest absolute Gasteiger partial charge is 0.497 e. The zero-order chi connectivity index (χ0) is 14.0. The molecule has 1 aliphatic rings. The van der Waals surface area contributed by atoms with Crippen molar-refractivity contribution in [1.29, 1.82) is 0 Å². The van der Waals surface area contributed by atoms with E-state index >= 15 is 0 Å². The highest BCUT2D eigenvalue weighted by Crippen LogP contribution is 2.21. The minimum atomic E-state index is -0.508. The first kappa shape index (κ1) is 12.9. The van der Waals surface area contributed by atoms with E-state index < -0.39 is 17.7 Å². The molecule has 2 rings (SSSR count). The number of anilines is 1. The molecule has 0 aromatic heterocycles. The SMILES string of the molecule is COc1ccc(N)c(C(=O)N2CC(=O)NC(=O)C2)c1.